The normalized spacial score (nSPS) is 28.8. The third-order valence-corrected chi connectivity index (χ3v) is 5.40. The van der Waals surface area contributed by atoms with Gasteiger partial charge < -0.3 is 18.9 Å². The molecule has 2 amide bonds. The zero-order chi connectivity index (χ0) is 21.6. The maximum absolute atomic E-state index is 13.4. The molecule has 2 bridgehead atoms. The van der Waals surface area contributed by atoms with Crippen LogP contribution in [0.1, 0.15) is 20.8 Å². The monoisotopic (exact) mass is 415 g/mol. The molecule has 0 unspecified atom stereocenters. The zero-order valence-corrected chi connectivity index (χ0v) is 16.7. The Morgan fingerprint density at radius 1 is 1.10 bits per heavy atom. The van der Waals surface area contributed by atoms with Gasteiger partial charge in [-0.15, -0.1) is 0 Å². The second-order valence-electron chi connectivity index (χ2n) is 7.29. The lowest BCUT2D eigenvalue weighted by Crippen LogP contribution is -2.52. The lowest BCUT2D eigenvalue weighted by atomic mass is 9.76. The molecule has 0 aromatic heterocycles. The first-order valence-electron chi connectivity index (χ1n) is 9.60. The van der Waals surface area contributed by atoms with Crippen LogP contribution in [0.3, 0.4) is 0 Å². The minimum atomic E-state index is -1.56. The van der Waals surface area contributed by atoms with E-state index in [1.165, 1.54) is 0 Å². The highest BCUT2D eigenvalue weighted by Crippen LogP contribution is 2.54. The number of carbonyl (C=O) groups excluding carboxylic acids is 4. The smallest absolute Gasteiger partial charge is 0.305 e. The van der Waals surface area contributed by atoms with Gasteiger partial charge in [-0.3, -0.25) is 19.2 Å². The molecule has 2 saturated heterocycles. The van der Waals surface area contributed by atoms with Crippen LogP contribution in [-0.2, 0) is 33.4 Å². The summed E-state index contributed by atoms with van der Waals surface area (Å²) in [5, 5.41) is 0. The van der Waals surface area contributed by atoms with E-state index in [4.69, 9.17) is 18.9 Å². The molecule has 0 saturated carbocycles. The molecule has 1 aromatic rings. The molecular weight excluding hydrogens is 394 g/mol. The Morgan fingerprint density at radius 3 is 2.30 bits per heavy atom. The summed E-state index contributed by atoms with van der Waals surface area (Å²) in [5.74, 6) is -3.52. The summed E-state index contributed by atoms with van der Waals surface area (Å²) < 4.78 is 21.7. The van der Waals surface area contributed by atoms with Crippen molar-refractivity contribution in [3.8, 4) is 5.75 Å². The van der Waals surface area contributed by atoms with Crippen LogP contribution in [-0.4, -0.2) is 48.4 Å². The molecule has 4 atom stereocenters. The van der Waals surface area contributed by atoms with Crippen molar-refractivity contribution in [2.45, 2.75) is 38.8 Å². The van der Waals surface area contributed by atoms with Crippen molar-refractivity contribution in [2.75, 3.05) is 11.5 Å². The molecule has 4 rings (SSSR count). The van der Waals surface area contributed by atoms with E-state index >= 15 is 0 Å². The second kappa shape index (κ2) is 7.24. The molecule has 9 heteroatoms. The maximum Gasteiger partial charge on any atom is 0.305 e. The lowest BCUT2D eigenvalue weighted by molar-refractivity contribution is -0.226. The van der Waals surface area contributed by atoms with Crippen LogP contribution < -0.4 is 9.64 Å². The number of ether oxygens (including phenoxy) is 4. The molecule has 3 aliphatic rings. The summed E-state index contributed by atoms with van der Waals surface area (Å²) in [6.45, 7) is 4.66. The molecule has 0 spiro atoms. The van der Waals surface area contributed by atoms with Gasteiger partial charge in [-0.25, -0.2) is 4.90 Å². The van der Waals surface area contributed by atoms with Gasteiger partial charge >= 0.3 is 11.9 Å². The van der Waals surface area contributed by atoms with Crippen LogP contribution in [0.5, 0.6) is 5.75 Å². The van der Waals surface area contributed by atoms with Gasteiger partial charge in [0, 0.05) is 13.8 Å². The van der Waals surface area contributed by atoms with E-state index in [-0.39, 0.29) is 0 Å². The molecular formula is C21H21NO8. The highest BCUT2D eigenvalue weighted by Gasteiger charge is 2.72. The summed E-state index contributed by atoms with van der Waals surface area (Å²) >= 11 is 0. The molecule has 30 heavy (non-hydrogen) atoms. The highest BCUT2D eigenvalue weighted by molar-refractivity contribution is 6.23. The number of fused-ring (bicyclic) bond motifs is 5. The van der Waals surface area contributed by atoms with Crippen LogP contribution in [0.15, 0.2) is 36.4 Å². The van der Waals surface area contributed by atoms with Gasteiger partial charge in [0.05, 0.1) is 30.2 Å². The van der Waals surface area contributed by atoms with E-state index in [0.29, 0.717) is 18.0 Å². The molecule has 1 aromatic carbocycles. The lowest BCUT2D eigenvalue weighted by Gasteiger charge is -2.34. The van der Waals surface area contributed by atoms with Crippen molar-refractivity contribution in [1.82, 2.24) is 0 Å². The van der Waals surface area contributed by atoms with Crippen LogP contribution in [0, 0.1) is 11.8 Å². The number of anilines is 1. The minimum Gasteiger partial charge on any atom is -0.494 e. The standard InChI is InChI=1S/C21H21NO8/c1-4-27-14-7-5-13(6-8-14)22-18(25)16-15-9-10-21(30-15,17(16)19(22)26)20(28-11(2)23)29-12(3)24/h5-10,15-17,20H,4H2,1-3H3/t15-,16+,17-,21-/m1/s1. The van der Waals surface area contributed by atoms with E-state index in [0.717, 1.165) is 18.7 Å². The SMILES string of the molecule is CCOc1ccc(N2C(=O)[C@H]3[C@H]4C=C[C@@](C(OC(C)=O)OC(C)=O)(O4)[C@H]3C2=O)cc1. The van der Waals surface area contributed by atoms with Gasteiger partial charge in [0.25, 0.3) is 6.29 Å². The first-order chi connectivity index (χ1) is 14.3. The summed E-state index contributed by atoms with van der Waals surface area (Å²) in [4.78, 5) is 50.8. The molecule has 0 N–H and O–H groups in total. The largest absolute Gasteiger partial charge is 0.494 e. The van der Waals surface area contributed by atoms with Gasteiger partial charge in [-0.05, 0) is 37.3 Å². The number of nitrogens with zero attached hydrogens (tertiary/aromatic N) is 1. The Morgan fingerprint density at radius 2 is 1.73 bits per heavy atom. The van der Waals surface area contributed by atoms with Crippen molar-refractivity contribution in [1.29, 1.82) is 0 Å². The number of carbonyl (C=O) groups is 4. The maximum atomic E-state index is 13.4. The number of hydrogen-bond donors (Lipinski definition) is 0. The summed E-state index contributed by atoms with van der Waals surface area (Å²) in [6, 6.07) is 6.60. The first kappa shape index (κ1) is 20.1. The second-order valence-corrected chi connectivity index (χ2v) is 7.29. The van der Waals surface area contributed by atoms with Gasteiger partial charge in [0.2, 0.25) is 11.8 Å². The number of amides is 2. The van der Waals surface area contributed by atoms with Gasteiger partial charge in [-0.2, -0.15) is 0 Å². The number of esters is 2. The Bertz CT molecular complexity index is 923. The molecule has 0 radical (unpaired) electrons. The van der Waals surface area contributed by atoms with Crippen LogP contribution >= 0.6 is 0 Å². The summed E-state index contributed by atoms with van der Waals surface area (Å²) in [6.07, 6.45) is 1.00. The van der Waals surface area contributed by atoms with E-state index in [1.54, 1.807) is 36.4 Å². The molecule has 0 aliphatic carbocycles. The molecule has 158 valence electrons. The third-order valence-electron chi connectivity index (χ3n) is 5.40. The quantitative estimate of drug-likeness (QED) is 0.297. The number of imide groups is 1. The van der Waals surface area contributed by atoms with Gasteiger partial charge in [-0.1, -0.05) is 6.08 Å². The third kappa shape index (κ3) is 2.97. The fraction of sp³-hybridized carbons (Fsp3) is 0.429. The van der Waals surface area contributed by atoms with Crippen molar-refractivity contribution < 1.29 is 38.1 Å². The Balaban J connectivity index is 1.69. The van der Waals surface area contributed by atoms with Crippen LogP contribution in [0.2, 0.25) is 0 Å². The highest BCUT2D eigenvalue weighted by atomic mass is 16.7. The zero-order valence-electron chi connectivity index (χ0n) is 16.7. The van der Waals surface area contributed by atoms with E-state index in [2.05, 4.69) is 0 Å². The summed E-state index contributed by atoms with van der Waals surface area (Å²) in [7, 11) is 0. The van der Waals surface area contributed by atoms with E-state index in [1.807, 2.05) is 6.92 Å². The van der Waals surface area contributed by atoms with Crippen molar-refractivity contribution in [3.05, 3.63) is 36.4 Å². The fourth-order valence-corrected chi connectivity index (χ4v) is 4.33. The number of hydrogen-bond acceptors (Lipinski definition) is 8. The average molecular weight is 415 g/mol. The Kier molecular flexibility index (Phi) is 4.85. The molecule has 2 fully saturated rings. The summed E-state index contributed by atoms with van der Waals surface area (Å²) in [5.41, 5.74) is -1.16. The van der Waals surface area contributed by atoms with Crippen LogP contribution in [0.4, 0.5) is 5.69 Å². The molecule has 3 aliphatic heterocycles. The number of benzene rings is 1. The topological polar surface area (TPSA) is 108 Å². The fourth-order valence-electron chi connectivity index (χ4n) is 4.33. The number of rotatable bonds is 6. The first-order valence-corrected chi connectivity index (χ1v) is 9.60. The Labute approximate surface area is 172 Å². The van der Waals surface area contributed by atoms with E-state index < -0.39 is 53.6 Å². The predicted molar refractivity (Wildman–Crippen MR) is 101 cm³/mol. The van der Waals surface area contributed by atoms with Crippen molar-refractivity contribution >= 4 is 29.4 Å². The van der Waals surface area contributed by atoms with Crippen molar-refractivity contribution in [3.63, 3.8) is 0 Å². The van der Waals surface area contributed by atoms with E-state index in [9.17, 15) is 19.2 Å². The molecule has 3 heterocycles. The van der Waals surface area contributed by atoms with Crippen molar-refractivity contribution in [2.24, 2.45) is 11.8 Å². The van der Waals surface area contributed by atoms with Gasteiger partial charge in [0.15, 0.2) is 5.60 Å². The van der Waals surface area contributed by atoms with Gasteiger partial charge in [0.1, 0.15) is 5.75 Å². The minimum absolute atomic E-state index is 0.397. The van der Waals surface area contributed by atoms with Crippen LogP contribution in [0.25, 0.3) is 0 Å². The average Bonchev–Trinajstić information content (AvgIpc) is 3.33. The Hall–Kier alpha value is -3.20. The predicted octanol–water partition coefficient (Wildman–Crippen LogP) is 1.35. The molecule has 9 nitrogen and oxygen atoms in total.